The van der Waals surface area contributed by atoms with E-state index in [-0.39, 0.29) is 22.8 Å². The van der Waals surface area contributed by atoms with Crippen LogP contribution in [0, 0.1) is 0 Å². The van der Waals surface area contributed by atoms with Crippen molar-refractivity contribution < 1.29 is 35.9 Å². The second kappa shape index (κ2) is 11.1. The van der Waals surface area contributed by atoms with Crippen molar-refractivity contribution in [2.45, 2.75) is 30.1 Å². The number of alkyl halides is 3. The van der Waals surface area contributed by atoms with Gasteiger partial charge in [-0.25, -0.2) is 13.2 Å². The van der Waals surface area contributed by atoms with Crippen LogP contribution in [0.2, 0.25) is 0 Å². The minimum absolute atomic E-state index is 0.0388. The molecule has 38 heavy (non-hydrogen) atoms. The Balaban J connectivity index is 1.37. The largest absolute Gasteiger partial charge is 0.573 e. The summed E-state index contributed by atoms with van der Waals surface area (Å²) in [5.41, 5.74) is 1.06. The maximum atomic E-state index is 13.3. The van der Waals surface area contributed by atoms with Crippen molar-refractivity contribution in [2.75, 3.05) is 22.5 Å². The molecule has 200 valence electrons. The summed E-state index contributed by atoms with van der Waals surface area (Å²) in [6, 6.07) is 17.2. The summed E-state index contributed by atoms with van der Waals surface area (Å²) in [7, 11) is -3.98. The minimum Gasteiger partial charge on any atom is -0.406 e. The van der Waals surface area contributed by atoms with Gasteiger partial charge in [-0.15, -0.1) is 13.2 Å². The Hall–Kier alpha value is -4.10. The number of urea groups is 1. The highest BCUT2D eigenvalue weighted by Crippen LogP contribution is 2.28. The lowest BCUT2D eigenvalue weighted by Crippen LogP contribution is -2.43. The van der Waals surface area contributed by atoms with Gasteiger partial charge in [-0.05, 0) is 73.5 Å². The number of hydrogen-bond donors (Lipinski definition) is 3. The van der Waals surface area contributed by atoms with Crippen LogP contribution in [0.1, 0.15) is 12.8 Å². The number of nitrogens with one attached hydrogen (secondary N) is 3. The molecule has 3 amide bonds. The third-order valence-corrected chi connectivity index (χ3v) is 7.53. The van der Waals surface area contributed by atoms with Gasteiger partial charge in [0.15, 0.2) is 0 Å². The van der Waals surface area contributed by atoms with E-state index in [2.05, 4.69) is 20.7 Å². The third kappa shape index (κ3) is 6.81. The predicted octanol–water partition coefficient (Wildman–Crippen LogP) is 5.02. The number of rotatable bonds is 7. The minimum atomic E-state index is -4.82. The van der Waals surface area contributed by atoms with Crippen LogP contribution in [0.15, 0.2) is 83.8 Å². The van der Waals surface area contributed by atoms with Crippen molar-refractivity contribution in [3.8, 4) is 5.75 Å². The van der Waals surface area contributed by atoms with Crippen LogP contribution in [0.25, 0.3) is 0 Å². The fourth-order valence-corrected chi connectivity index (χ4v) is 5.57. The number of carbonyl (C=O) groups is 2. The van der Waals surface area contributed by atoms with Gasteiger partial charge in [0.1, 0.15) is 11.8 Å². The number of hydrogen-bond acceptors (Lipinski definition) is 5. The molecule has 1 aliphatic rings. The van der Waals surface area contributed by atoms with E-state index in [1.54, 1.807) is 30.3 Å². The molecule has 1 atom stereocenters. The fraction of sp³-hybridized carbons (Fsp3) is 0.200. The summed E-state index contributed by atoms with van der Waals surface area (Å²) in [6.45, 7) is 0.199. The molecule has 0 unspecified atom stereocenters. The molecule has 0 saturated carbocycles. The molecule has 0 spiro atoms. The average molecular weight is 549 g/mol. The summed E-state index contributed by atoms with van der Waals surface area (Å²) in [5.74, 6) is -0.844. The van der Waals surface area contributed by atoms with Gasteiger partial charge in [-0.3, -0.25) is 4.79 Å². The molecule has 1 aliphatic heterocycles. The zero-order valence-corrected chi connectivity index (χ0v) is 20.6. The molecular weight excluding hydrogens is 525 g/mol. The number of anilines is 3. The van der Waals surface area contributed by atoms with Crippen LogP contribution in [-0.4, -0.2) is 43.6 Å². The predicted molar refractivity (Wildman–Crippen MR) is 134 cm³/mol. The first kappa shape index (κ1) is 26.9. The Morgan fingerprint density at radius 2 is 1.37 bits per heavy atom. The monoisotopic (exact) mass is 548 g/mol. The molecule has 3 aromatic rings. The molecule has 3 N–H and O–H groups in total. The summed E-state index contributed by atoms with van der Waals surface area (Å²) in [6.07, 6.45) is -3.90. The van der Waals surface area contributed by atoms with Crippen molar-refractivity contribution in [1.29, 1.82) is 0 Å². The van der Waals surface area contributed by atoms with Crippen LogP contribution < -0.4 is 20.7 Å². The van der Waals surface area contributed by atoms with Crippen molar-refractivity contribution in [2.24, 2.45) is 0 Å². The van der Waals surface area contributed by atoms with Crippen LogP contribution in [0.5, 0.6) is 5.75 Å². The Bertz CT molecular complexity index is 1380. The Morgan fingerprint density at radius 1 is 0.816 bits per heavy atom. The lowest BCUT2D eigenvalue weighted by Gasteiger charge is -2.23. The van der Waals surface area contributed by atoms with E-state index in [9.17, 15) is 31.2 Å². The molecule has 0 aliphatic carbocycles. The van der Waals surface area contributed by atoms with Crippen molar-refractivity contribution >= 4 is 39.0 Å². The molecule has 0 aromatic heterocycles. The van der Waals surface area contributed by atoms with Gasteiger partial charge in [0.2, 0.25) is 15.9 Å². The lowest BCUT2D eigenvalue weighted by atomic mass is 10.2. The molecule has 9 nitrogen and oxygen atoms in total. The number of benzene rings is 3. The Kier molecular flexibility index (Phi) is 7.88. The van der Waals surface area contributed by atoms with E-state index in [1.165, 1.54) is 40.7 Å². The van der Waals surface area contributed by atoms with E-state index >= 15 is 0 Å². The molecular formula is C25H23F3N4O5S. The van der Waals surface area contributed by atoms with Gasteiger partial charge in [-0.1, -0.05) is 18.2 Å². The Morgan fingerprint density at radius 3 is 1.95 bits per heavy atom. The average Bonchev–Trinajstić information content (AvgIpc) is 3.37. The number of carbonyl (C=O) groups excluding carboxylic acids is 2. The maximum absolute atomic E-state index is 13.3. The molecule has 13 heteroatoms. The van der Waals surface area contributed by atoms with Crippen LogP contribution in [0.4, 0.5) is 35.0 Å². The smallest absolute Gasteiger partial charge is 0.406 e. The second-order valence-electron chi connectivity index (χ2n) is 8.30. The highest BCUT2D eigenvalue weighted by molar-refractivity contribution is 7.89. The maximum Gasteiger partial charge on any atom is 0.573 e. The van der Waals surface area contributed by atoms with Crippen molar-refractivity contribution in [1.82, 2.24) is 4.31 Å². The summed E-state index contributed by atoms with van der Waals surface area (Å²) in [4.78, 5) is 25.0. The van der Waals surface area contributed by atoms with Gasteiger partial charge in [0, 0.05) is 23.6 Å². The molecule has 1 fully saturated rings. The highest BCUT2D eigenvalue weighted by Gasteiger charge is 2.39. The van der Waals surface area contributed by atoms with Gasteiger partial charge in [0.25, 0.3) is 0 Å². The standard InChI is InChI=1S/C25H23F3N4O5S/c26-25(27,28)37-20-12-8-18(9-13-20)30-24(34)31-19-10-14-21(15-11-19)38(35,36)32-16-4-7-22(32)23(33)29-17-5-2-1-3-6-17/h1-3,5-6,8-15,22H,4,7,16H2,(H,29,33)(H2,30,31,34)/t22-/m0/s1. The van der Waals surface area contributed by atoms with Crippen LogP contribution in [-0.2, 0) is 14.8 Å². The second-order valence-corrected chi connectivity index (χ2v) is 10.2. The first-order chi connectivity index (χ1) is 18.0. The van der Waals surface area contributed by atoms with Crippen molar-refractivity contribution in [3.63, 3.8) is 0 Å². The van der Waals surface area contributed by atoms with Crippen molar-refractivity contribution in [3.05, 3.63) is 78.9 Å². The van der Waals surface area contributed by atoms with E-state index < -0.39 is 40.1 Å². The Labute approximate surface area is 216 Å². The fourth-order valence-electron chi connectivity index (χ4n) is 3.92. The number of sulfonamides is 1. The first-order valence-corrected chi connectivity index (χ1v) is 12.9. The highest BCUT2D eigenvalue weighted by atomic mass is 32.2. The molecule has 3 aromatic carbocycles. The van der Waals surface area contributed by atoms with E-state index in [4.69, 9.17) is 0 Å². The molecule has 4 rings (SSSR count). The zero-order chi connectivity index (χ0) is 27.3. The number of para-hydroxylation sites is 1. The van der Waals surface area contributed by atoms with E-state index in [0.717, 1.165) is 12.1 Å². The zero-order valence-electron chi connectivity index (χ0n) is 19.7. The molecule has 1 saturated heterocycles. The number of halogens is 3. The molecule has 1 heterocycles. The van der Waals surface area contributed by atoms with Gasteiger partial charge in [0.05, 0.1) is 4.90 Å². The molecule has 0 radical (unpaired) electrons. The quantitative estimate of drug-likeness (QED) is 0.383. The normalized spacial score (nSPS) is 16.0. The van der Waals surface area contributed by atoms with Crippen LogP contribution in [0.3, 0.4) is 0 Å². The van der Waals surface area contributed by atoms with Crippen LogP contribution >= 0.6 is 0 Å². The SMILES string of the molecule is O=C(Nc1ccc(OC(F)(F)F)cc1)Nc1ccc(S(=O)(=O)N2CCC[C@H]2C(=O)Nc2ccccc2)cc1. The number of ether oxygens (including phenoxy) is 1. The number of nitrogens with zero attached hydrogens (tertiary/aromatic N) is 1. The first-order valence-electron chi connectivity index (χ1n) is 11.4. The van der Waals surface area contributed by atoms with E-state index in [0.29, 0.717) is 18.5 Å². The topological polar surface area (TPSA) is 117 Å². The summed E-state index contributed by atoms with van der Waals surface area (Å²) < 4.78 is 68.2. The lowest BCUT2D eigenvalue weighted by molar-refractivity contribution is -0.274. The van der Waals surface area contributed by atoms with Gasteiger partial charge < -0.3 is 20.7 Å². The molecule has 0 bridgehead atoms. The number of amides is 3. The van der Waals surface area contributed by atoms with Gasteiger partial charge in [-0.2, -0.15) is 4.31 Å². The summed E-state index contributed by atoms with van der Waals surface area (Å²) >= 11 is 0. The van der Waals surface area contributed by atoms with E-state index in [1.807, 2.05) is 0 Å². The summed E-state index contributed by atoms with van der Waals surface area (Å²) in [5, 5.41) is 7.71. The van der Waals surface area contributed by atoms with Gasteiger partial charge >= 0.3 is 12.4 Å². The third-order valence-electron chi connectivity index (χ3n) is 5.61.